The number of anilines is 1. The fraction of sp³-hybridized carbons (Fsp3) is 0.300. The van der Waals surface area contributed by atoms with Gasteiger partial charge in [0.2, 0.25) is 21.1 Å². The number of tetrazole rings is 1. The Morgan fingerprint density at radius 1 is 1.13 bits per heavy atom. The molecule has 1 N–H and O–H groups in total. The van der Waals surface area contributed by atoms with Gasteiger partial charge in [0.15, 0.2) is 0 Å². The van der Waals surface area contributed by atoms with Crippen LogP contribution >= 0.6 is 11.8 Å². The van der Waals surface area contributed by atoms with Crippen LogP contribution in [0, 0.1) is 0 Å². The fourth-order valence-corrected chi connectivity index (χ4v) is 5.70. The van der Waals surface area contributed by atoms with E-state index in [0.29, 0.717) is 29.5 Å². The number of nitrogens with zero attached hydrogens (tertiary/aromatic N) is 5. The second-order valence-corrected chi connectivity index (χ2v) is 9.72. The van der Waals surface area contributed by atoms with Crippen molar-refractivity contribution in [2.24, 2.45) is 0 Å². The van der Waals surface area contributed by atoms with E-state index < -0.39 is 16.1 Å². The van der Waals surface area contributed by atoms with Gasteiger partial charge in [0.1, 0.15) is 6.04 Å². The van der Waals surface area contributed by atoms with E-state index in [1.165, 1.54) is 16.1 Å². The standard InChI is InChI=1S/C20H22N6O3S2/c1-30-20-22-23-24-26(20)16-9-7-8-15(14-16)21-19(27)18-12-5-6-13-25(18)31(28,29)17-10-3-2-4-11-17/h2-4,7-11,14,18H,5-6,12-13H2,1H3,(H,21,27). The minimum atomic E-state index is -3.76. The van der Waals surface area contributed by atoms with E-state index in [1.807, 2.05) is 12.3 Å². The molecule has 1 amide bonds. The SMILES string of the molecule is CSc1nnnn1-c1cccc(NC(=O)C2CCCCN2S(=O)(=O)c2ccccc2)c1. The zero-order chi connectivity index (χ0) is 21.8. The molecule has 1 saturated heterocycles. The molecule has 1 aromatic heterocycles. The van der Waals surface area contributed by atoms with E-state index in [4.69, 9.17) is 0 Å². The minimum Gasteiger partial charge on any atom is -0.325 e. The van der Waals surface area contributed by atoms with Gasteiger partial charge in [0.25, 0.3) is 0 Å². The molecule has 0 saturated carbocycles. The first-order valence-corrected chi connectivity index (χ1v) is 12.5. The third kappa shape index (κ3) is 4.48. The van der Waals surface area contributed by atoms with Crippen LogP contribution in [0.2, 0.25) is 0 Å². The van der Waals surface area contributed by atoms with Gasteiger partial charge in [-0.05, 0) is 59.9 Å². The van der Waals surface area contributed by atoms with Crippen LogP contribution in [0.5, 0.6) is 0 Å². The third-order valence-corrected chi connectivity index (χ3v) is 7.63. The van der Waals surface area contributed by atoms with Crippen molar-refractivity contribution >= 4 is 33.4 Å². The molecule has 1 fully saturated rings. The lowest BCUT2D eigenvalue weighted by Crippen LogP contribution is -2.49. The van der Waals surface area contributed by atoms with E-state index in [1.54, 1.807) is 53.2 Å². The topological polar surface area (TPSA) is 110 Å². The van der Waals surface area contributed by atoms with Gasteiger partial charge in [0.05, 0.1) is 10.6 Å². The number of carbonyl (C=O) groups is 1. The number of piperidine rings is 1. The average molecular weight is 459 g/mol. The Bertz CT molecular complexity index is 1170. The van der Waals surface area contributed by atoms with Gasteiger partial charge in [0, 0.05) is 12.2 Å². The predicted molar refractivity (Wildman–Crippen MR) is 118 cm³/mol. The van der Waals surface area contributed by atoms with Crippen LogP contribution in [-0.2, 0) is 14.8 Å². The summed E-state index contributed by atoms with van der Waals surface area (Å²) in [7, 11) is -3.76. The molecule has 3 aromatic rings. The first kappa shape index (κ1) is 21.5. The Labute approximate surface area is 184 Å². The van der Waals surface area contributed by atoms with Crippen LogP contribution in [0.25, 0.3) is 5.69 Å². The minimum absolute atomic E-state index is 0.194. The van der Waals surface area contributed by atoms with Gasteiger partial charge < -0.3 is 5.32 Å². The Morgan fingerprint density at radius 3 is 2.71 bits per heavy atom. The lowest BCUT2D eigenvalue weighted by molar-refractivity contribution is -0.120. The van der Waals surface area contributed by atoms with Gasteiger partial charge in [-0.25, -0.2) is 8.42 Å². The smallest absolute Gasteiger partial charge is 0.243 e. The number of nitrogens with one attached hydrogen (secondary N) is 1. The molecule has 0 radical (unpaired) electrons. The summed E-state index contributed by atoms with van der Waals surface area (Å²) < 4.78 is 29.2. The second kappa shape index (κ2) is 9.16. The predicted octanol–water partition coefficient (Wildman–Crippen LogP) is 2.57. The highest BCUT2D eigenvalue weighted by molar-refractivity contribution is 7.98. The lowest BCUT2D eigenvalue weighted by Gasteiger charge is -2.33. The number of carbonyl (C=O) groups excluding carboxylic acids is 1. The molecular weight excluding hydrogens is 436 g/mol. The Morgan fingerprint density at radius 2 is 1.94 bits per heavy atom. The first-order chi connectivity index (χ1) is 15.0. The molecule has 11 heteroatoms. The van der Waals surface area contributed by atoms with Crippen molar-refractivity contribution < 1.29 is 13.2 Å². The quantitative estimate of drug-likeness (QED) is 0.565. The molecule has 0 aliphatic carbocycles. The number of sulfonamides is 1. The maximum absolute atomic E-state index is 13.2. The Balaban J connectivity index is 1.57. The number of hydrogen-bond donors (Lipinski definition) is 1. The van der Waals surface area contributed by atoms with Crippen LogP contribution in [0.4, 0.5) is 5.69 Å². The number of rotatable bonds is 6. The highest BCUT2D eigenvalue weighted by Gasteiger charge is 2.37. The highest BCUT2D eigenvalue weighted by Crippen LogP contribution is 2.27. The molecule has 9 nitrogen and oxygen atoms in total. The molecule has 162 valence electrons. The maximum Gasteiger partial charge on any atom is 0.243 e. The zero-order valence-electron chi connectivity index (χ0n) is 16.9. The van der Waals surface area contributed by atoms with E-state index >= 15 is 0 Å². The summed E-state index contributed by atoms with van der Waals surface area (Å²) in [6.45, 7) is 0.317. The average Bonchev–Trinajstić information content (AvgIpc) is 3.29. The van der Waals surface area contributed by atoms with Crippen LogP contribution in [0.3, 0.4) is 0 Å². The summed E-state index contributed by atoms with van der Waals surface area (Å²) in [4.78, 5) is 13.3. The van der Waals surface area contributed by atoms with Crippen molar-refractivity contribution in [2.75, 3.05) is 18.1 Å². The number of benzene rings is 2. The monoisotopic (exact) mass is 458 g/mol. The van der Waals surface area contributed by atoms with Crippen LogP contribution in [-0.4, -0.2) is 57.7 Å². The summed E-state index contributed by atoms with van der Waals surface area (Å²) in [6, 6.07) is 14.6. The maximum atomic E-state index is 13.2. The van der Waals surface area contributed by atoms with E-state index in [2.05, 4.69) is 20.8 Å². The van der Waals surface area contributed by atoms with E-state index in [9.17, 15) is 13.2 Å². The second-order valence-electron chi connectivity index (χ2n) is 7.06. The molecule has 1 atom stereocenters. The van der Waals surface area contributed by atoms with Crippen LogP contribution in [0.1, 0.15) is 19.3 Å². The molecule has 4 rings (SSSR count). The fourth-order valence-electron chi connectivity index (χ4n) is 3.59. The third-order valence-electron chi connectivity index (χ3n) is 5.09. The van der Waals surface area contributed by atoms with Gasteiger partial charge in [-0.3, -0.25) is 4.79 Å². The molecule has 2 aromatic carbocycles. The van der Waals surface area contributed by atoms with Gasteiger partial charge in [-0.15, -0.1) is 5.10 Å². The number of thioether (sulfide) groups is 1. The summed E-state index contributed by atoms with van der Waals surface area (Å²) in [5.41, 5.74) is 1.25. The Kier molecular flexibility index (Phi) is 6.35. The van der Waals surface area contributed by atoms with Gasteiger partial charge >= 0.3 is 0 Å². The normalized spacial score (nSPS) is 17.4. The van der Waals surface area contributed by atoms with Crippen LogP contribution < -0.4 is 5.32 Å². The molecule has 1 aliphatic rings. The summed E-state index contributed by atoms with van der Waals surface area (Å²) >= 11 is 1.41. The van der Waals surface area contributed by atoms with Gasteiger partial charge in [-0.1, -0.05) is 42.4 Å². The molecule has 2 heterocycles. The number of hydrogen-bond acceptors (Lipinski definition) is 7. The van der Waals surface area contributed by atoms with Crippen molar-refractivity contribution in [1.29, 1.82) is 0 Å². The number of amides is 1. The van der Waals surface area contributed by atoms with E-state index in [-0.39, 0.29) is 10.8 Å². The highest BCUT2D eigenvalue weighted by atomic mass is 32.2. The van der Waals surface area contributed by atoms with Crippen LogP contribution in [0.15, 0.2) is 64.6 Å². The molecule has 31 heavy (non-hydrogen) atoms. The molecule has 0 spiro atoms. The summed E-state index contributed by atoms with van der Waals surface area (Å²) in [5, 5.41) is 15.1. The lowest BCUT2D eigenvalue weighted by atomic mass is 10.0. The van der Waals surface area contributed by atoms with Crippen molar-refractivity contribution in [1.82, 2.24) is 24.5 Å². The van der Waals surface area contributed by atoms with Crippen molar-refractivity contribution in [3.05, 3.63) is 54.6 Å². The zero-order valence-corrected chi connectivity index (χ0v) is 18.5. The molecule has 1 unspecified atom stereocenters. The summed E-state index contributed by atoms with van der Waals surface area (Å²) in [5.74, 6) is -0.349. The first-order valence-electron chi connectivity index (χ1n) is 9.81. The number of aromatic nitrogens is 4. The summed E-state index contributed by atoms with van der Waals surface area (Å²) in [6.07, 6.45) is 3.86. The largest absolute Gasteiger partial charge is 0.325 e. The van der Waals surface area contributed by atoms with E-state index in [0.717, 1.165) is 12.8 Å². The van der Waals surface area contributed by atoms with Crippen molar-refractivity contribution in [3.8, 4) is 5.69 Å². The molecular formula is C20H22N6O3S2. The van der Waals surface area contributed by atoms with Crippen molar-refractivity contribution in [3.63, 3.8) is 0 Å². The van der Waals surface area contributed by atoms with Gasteiger partial charge in [-0.2, -0.15) is 8.99 Å². The molecule has 1 aliphatic heterocycles. The Hall–Kier alpha value is -2.76. The van der Waals surface area contributed by atoms with Crippen molar-refractivity contribution in [2.45, 2.75) is 35.4 Å². The molecule has 0 bridgehead atoms.